The minimum atomic E-state index is -0.214. The number of carbonyl (C=O) groups is 1. The van der Waals surface area contributed by atoms with Crippen LogP contribution in [0.5, 0.6) is 0 Å². The zero-order valence-electron chi connectivity index (χ0n) is 11.1. The first-order chi connectivity index (χ1) is 9.66. The maximum atomic E-state index is 11.8. The Labute approximate surface area is 126 Å². The van der Waals surface area contributed by atoms with E-state index in [1.807, 2.05) is 49.4 Å². The molecule has 3 nitrogen and oxygen atoms in total. The fourth-order valence-electron chi connectivity index (χ4n) is 1.72. The third kappa shape index (κ3) is 4.03. The zero-order chi connectivity index (χ0) is 14.4. The molecule has 0 heterocycles. The molecule has 0 aromatic heterocycles. The van der Waals surface area contributed by atoms with Gasteiger partial charge in [-0.25, -0.2) is 5.43 Å². The molecule has 1 atom stereocenters. The van der Waals surface area contributed by atoms with E-state index in [2.05, 4.69) is 26.5 Å². The Bertz CT molecular complexity index is 594. The summed E-state index contributed by atoms with van der Waals surface area (Å²) in [5.74, 6) is -0.0598. The van der Waals surface area contributed by atoms with Crippen molar-refractivity contribution in [2.75, 3.05) is 0 Å². The first-order valence-corrected chi connectivity index (χ1v) is 7.10. The van der Waals surface area contributed by atoms with E-state index in [-0.39, 0.29) is 11.8 Å². The van der Waals surface area contributed by atoms with Gasteiger partial charge in [-0.3, -0.25) is 4.79 Å². The average Bonchev–Trinajstić information content (AvgIpc) is 2.48. The van der Waals surface area contributed by atoms with Crippen LogP contribution in [-0.4, -0.2) is 12.1 Å². The number of rotatable bonds is 4. The van der Waals surface area contributed by atoms with Crippen LogP contribution in [0.25, 0.3) is 0 Å². The molecule has 0 aliphatic carbocycles. The first-order valence-electron chi connectivity index (χ1n) is 6.31. The quantitative estimate of drug-likeness (QED) is 0.668. The highest BCUT2D eigenvalue weighted by atomic mass is 79.9. The Kier molecular flexibility index (Phi) is 5.07. The summed E-state index contributed by atoms with van der Waals surface area (Å²) in [7, 11) is 0. The molecule has 1 unspecified atom stereocenters. The molecule has 102 valence electrons. The van der Waals surface area contributed by atoms with Gasteiger partial charge in [0.15, 0.2) is 0 Å². The van der Waals surface area contributed by atoms with Crippen molar-refractivity contribution in [3.05, 3.63) is 70.2 Å². The summed E-state index contributed by atoms with van der Waals surface area (Å²) in [5, 5.41) is 4.01. The molecule has 2 aromatic rings. The van der Waals surface area contributed by atoms with Crippen molar-refractivity contribution >= 4 is 28.1 Å². The van der Waals surface area contributed by atoms with Gasteiger partial charge < -0.3 is 0 Å². The summed E-state index contributed by atoms with van der Waals surface area (Å²) in [6.07, 6.45) is 1.73. The average molecular weight is 331 g/mol. The minimum Gasteiger partial charge on any atom is -0.267 e. The summed E-state index contributed by atoms with van der Waals surface area (Å²) in [6, 6.07) is 17.2. The summed E-state index contributed by atoms with van der Waals surface area (Å²) in [4.78, 5) is 11.8. The van der Waals surface area contributed by atoms with Crippen LogP contribution in [0.15, 0.2) is 64.2 Å². The summed E-state index contributed by atoms with van der Waals surface area (Å²) < 4.78 is 0.940. The minimum absolute atomic E-state index is 0.154. The Morgan fingerprint density at radius 1 is 1.15 bits per heavy atom. The number of hydrazone groups is 1. The van der Waals surface area contributed by atoms with Gasteiger partial charge in [0, 0.05) is 22.2 Å². The second-order valence-electron chi connectivity index (χ2n) is 4.43. The lowest BCUT2D eigenvalue weighted by atomic mass is 10.0. The van der Waals surface area contributed by atoms with Gasteiger partial charge in [-0.1, -0.05) is 53.2 Å². The van der Waals surface area contributed by atoms with Crippen molar-refractivity contribution < 1.29 is 4.79 Å². The van der Waals surface area contributed by atoms with Crippen LogP contribution >= 0.6 is 15.9 Å². The molecule has 1 amide bonds. The molecule has 0 saturated carbocycles. The number of halogens is 1. The Hall–Kier alpha value is -1.94. The Balaban J connectivity index is 1.93. The van der Waals surface area contributed by atoms with E-state index in [9.17, 15) is 4.79 Å². The molecule has 2 rings (SSSR count). The molecule has 0 spiro atoms. The van der Waals surface area contributed by atoms with Crippen molar-refractivity contribution in [2.45, 2.75) is 12.8 Å². The molecule has 20 heavy (non-hydrogen) atoms. The van der Waals surface area contributed by atoms with Crippen molar-refractivity contribution in [1.82, 2.24) is 5.43 Å². The maximum Gasteiger partial charge on any atom is 0.271 e. The highest BCUT2D eigenvalue weighted by Gasteiger charge is 2.04. The van der Waals surface area contributed by atoms with Crippen LogP contribution in [0.4, 0.5) is 0 Å². The number of benzene rings is 2. The van der Waals surface area contributed by atoms with Crippen molar-refractivity contribution in [3.8, 4) is 0 Å². The predicted molar refractivity (Wildman–Crippen MR) is 85.0 cm³/mol. The second kappa shape index (κ2) is 7.01. The van der Waals surface area contributed by atoms with E-state index in [1.165, 1.54) is 0 Å². The predicted octanol–water partition coefficient (Wildman–Crippen LogP) is 3.97. The van der Waals surface area contributed by atoms with Gasteiger partial charge in [0.2, 0.25) is 0 Å². The highest BCUT2D eigenvalue weighted by molar-refractivity contribution is 9.10. The monoisotopic (exact) mass is 330 g/mol. The molecule has 0 radical (unpaired) electrons. The van der Waals surface area contributed by atoms with Crippen molar-refractivity contribution in [1.29, 1.82) is 0 Å². The lowest BCUT2D eigenvalue weighted by Gasteiger charge is -2.05. The van der Waals surface area contributed by atoms with Crippen LogP contribution in [0.2, 0.25) is 0 Å². The van der Waals surface area contributed by atoms with Gasteiger partial charge in [0.05, 0.1) is 0 Å². The van der Waals surface area contributed by atoms with Gasteiger partial charge in [-0.15, -0.1) is 0 Å². The standard InChI is InChI=1S/C16H15BrN2O/c1-12(13-5-3-2-4-6-13)11-18-19-16(20)14-7-9-15(17)10-8-14/h2-12H,1H3,(H,19,20). The Morgan fingerprint density at radius 3 is 2.45 bits per heavy atom. The molecule has 0 aliphatic heterocycles. The molecule has 1 N–H and O–H groups in total. The van der Waals surface area contributed by atoms with E-state index in [1.54, 1.807) is 18.3 Å². The molecule has 2 aromatic carbocycles. The van der Waals surface area contributed by atoms with Crippen LogP contribution < -0.4 is 5.43 Å². The summed E-state index contributed by atoms with van der Waals surface area (Å²) >= 11 is 3.33. The molecule has 0 aliphatic rings. The molecule has 0 bridgehead atoms. The van der Waals surface area contributed by atoms with Crippen LogP contribution in [0, 0.1) is 0 Å². The summed E-state index contributed by atoms with van der Waals surface area (Å²) in [6.45, 7) is 2.03. The van der Waals surface area contributed by atoms with Crippen LogP contribution in [0.3, 0.4) is 0 Å². The van der Waals surface area contributed by atoms with Crippen LogP contribution in [-0.2, 0) is 0 Å². The van der Waals surface area contributed by atoms with E-state index < -0.39 is 0 Å². The first kappa shape index (κ1) is 14.5. The lowest BCUT2D eigenvalue weighted by Crippen LogP contribution is -2.17. The number of hydrogen-bond donors (Lipinski definition) is 1. The van der Waals surface area contributed by atoms with Gasteiger partial charge in [0.1, 0.15) is 0 Å². The topological polar surface area (TPSA) is 41.5 Å². The van der Waals surface area contributed by atoms with Gasteiger partial charge in [-0.05, 0) is 29.8 Å². The smallest absolute Gasteiger partial charge is 0.267 e. The molecule has 0 saturated heterocycles. The molecular weight excluding hydrogens is 316 g/mol. The van der Waals surface area contributed by atoms with Gasteiger partial charge in [0.25, 0.3) is 5.91 Å². The van der Waals surface area contributed by atoms with Crippen molar-refractivity contribution in [3.63, 3.8) is 0 Å². The lowest BCUT2D eigenvalue weighted by molar-refractivity contribution is 0.0955. The normalized spacial score (nSPS) is 12.3. The van der Waals surface area contributed by atoms with Gasteiger partial charge in [-0.2, -0.15) is 5.10 Å². The number of amides is 1. The van der Waals surface area contributed by atoms with E-state index in [0.29, 0.717) is 5.56 Å². The Morgan fingerprint density at radius 2 is 1.80 bits per heavy atom. The largest absolute Gasteiger partial charge is 0.271 e. The summed E-state index contributed by atoms with van der Waals surface area (Å²) in [5.41, 5.74) is 4.28. The number of nitrogens with one attached hydrogen (secondary N) is 1. The molecule has 0 fully saturated rings. The zero-order valence-corrected chi connectivity index (χ0v) is 12.7. The molecular formula is C16H15BrN2O. The van der Waals surface area contributed by atoms with E-state index in [4.69, 9.17) is 0 Å². The second-order valence-corrected chi connectivity index (χ2v) is 5.34. The SMILES string of the molecule is CC(C=NNC(=O)c1ccc(Br)cc1)c1ccccc1. The fraction of sp³-hybridized carbons (Fsp3) is 0.125. The number of nitrogens with zero attached hydrogens (tertiary/aromatic N) is 1. The fourth-order valence-corrected chi connectivity index (χ4v) is 1.98. The third-order valence-electron chi connectivity index (χ3n) is 2.90. The van der Waals surface area contributed by atoms with Crippen molar-refractivity contribution in [2.24, 2.45) is 5.10 Å². The highest BCUT2D eigenvalue weighted by Crippen LogP contribution is 2.12. The van der Waals surface area contributed by atoms with Gasteiger partial charge >= 0.3 is 0 Å². The number of hydrogen-bond acceptors (Lipinski definition) is 2. The van der Waals surface area contributed by atoms with Crippen LogP contribution in [0.1, 0.15) is 28.8 Å². The number of carbonyl (C=O) groups excluding carboxylic acids is 1. The van der Waals surface area contributed by atoms with E-state index >= 15 is 0 Å². The third-order valence-corrected chi connectivity index (χ3v) is 3.42. The maximum absolute atomic E-state index is 11.8. The van der Waals surface area contributed by atoms with E-state index in [0.717, 1.165) is 10.0 Å². The molecule has 4 heteroatoms.